The minimum Gasteiger partial charge on any atom is -0.302 e. The Morgan fingerprint density at radius 2 is 1.86 bits per heavy atom. The highest BCUT2D eigenvalue weighted by atomic mass is 19.3. The fourth-order valence-electron chi connectivity index (χ4n) is 2.83. The van der Waals surface area contributed by atoms with Crippen LogP contribution in [0, 0.1) is 10.8 Å². The second-order valence-electron chi connectivity index (χ2n) is 5.93. The monoisotopic (exact) mass is 201 g/mol. The zero-order chi connectivity index (χ0) is 10.0. The van der Waals surface area contributed by atoms with E-state index in [1.807, 2.05) is 0 Å². The van der Waals surface area contributed by atoms with E-state index < -0.39 is 11.3 Å². The van der Waals surface area contributed by atoms with Crippen LogP contribution in [0.5, 0.6) is 0 Å². The molecule has 1 spiro atoms. The van der Waals surface area contributed by atoms with E-state index in [9.17, 15) is 8.78 Å². The number of nitrogens with zero attached hydrogens (tertiary/aromatic N) is 1. The molecule has 0 aromatic rings. The van der Waals surface area contributed by atoms with E-state index in [0.717, 1.165) is 19.5 Å². The first-order valence-electron chi connectivity index (χ1n) is 5.55. The van der Waals surface area contributed by atoms with Crippen LogP contribution in [0.25, 0.3) is 0 Å². The minimum atomic E-state index is -2.34. The summed E-state index contributed by atoms with van der Waals surface area (Å²) < 4.78 is 26.2. The van der Waals surface area contributed by atoms with Crippen LogP contribution in [0.1, 0.15) is 32.6 Å². The number of alkyl halides is 2. The van der Waals surface area contributed by atoms with E-state index in [4.69, 9.17) is 0 Å². The Morgan fingerprint density at radius 3 is 2.29 bits per heavy atom. The highest BCUT2D eigenvalue weighted by Crippen LogP contribution is 2.65. The molecule has 0 bridgehead atoms. The van der Waals surface area contributed by atoms with Gasteiger partial charge in [0.25, 0.3) is 5.92 Å². The van der Waals surface area contributed by atoms with Crippen molar-refractivity contribution in [3.05, 3.63) is 0 Å². The molecule has 1 heterocycles. The predicted octanol–water partition coefficient (Wildman–Crippen LogP) is 2.52. The van der Waals surface area contributed by atoms with Crippen molar-refractivity contribution in [2.45, 2.75) is 38.5 Å². The van der Waals surface area contributed by atoms with E-state index in [0.29, 0.717) is 12.0 Å². The third-order valence-electron chi connectivity index (χ3n) is 4.35. The highest BCUT2D eigenvalue weighted by Gasteiger charge is 2.72. The molecule has 1 aliphatic heterocycles. The van der Waals surface area contributed by atoms with Gasteiger partial charge < -0.3 is 4.90 Å². The maximum Gasteiger partial charge on any atom is 0.255 e. The Balaban J connectivity index is 1.61. The first-order valence-corrected chi connectivity index (χ1v) is 5.55. The largest absolute Gasteiger partial charge is 0.302 e. The normalized spacial score (nSPS) is 43.1. The molecule has 2 saturated carbocycles. The van der Waals surface area contributed by atoms with Gasteiger partial charge in [0.1, 0.15) is 0 Å². The average Bonchev–Trinajstić information content (AvgIpc) is 2.81. The molecule has 2 aliphatic carbocycles. The summed E-state index contributed by atoms with van der Waals surface area (Å²) in [5.74, 6) is -2.34. The predicted molar refractivity (Wildman–Crippen MR) is 50.4 cm³/mol. The van der Waals surface area contributed by atoms with Gasteiger partial charge in [0, 0.05) is 19.5 Å². The molecule has 1 atom stereocenters. The van der Waals surface area contributed by atoms with Crippen molar-refractivity contribution < 1.29 is 8.78 Å². The van der Waals surface area contributed by atoms with Crippen molar-refractivity contribution in [2.75, 3.05) is 19.6 Å². The fourth-order valence-corrected chi connectivity index (χ4v) is 2.83. The lowest BCUT2D eigenvalue weighted by Crippen LogP contribution is -2.28. The van der Waals surface area contributed by atoms with Crippen LogP contribution >= 0.6 is 0 Å². The number of likely N-dealkylation sites (tertiary alicyclic amines) is 1. The molecule has 1 saturated heterocycles. The lowest BCUT2D eigenvalue weighted by molar-refractivity contribution is 0.0654. The number of hydrogen-bond acceptors (Lipinski definition) is 1. The van der Waals surface area contributed by atoms with Crippen molar-refractivity contribution in [3.63, 3.8) is 0 Å². The molecule has 0 N–H and O–H groups in total. The lowest BCUT2D eigenvalue weighted by atomic mass is 10.1. The van der Waals surface area contributed by atoms with E-state index in [-0.39, 0.29) is 6.42 Å². The van der Waals surface area contributed by atoms with E-state index >= 15 is 0 Å². The summed E-state index contributed by atoms with van der Waals surface area (Å²) in [6.45, 7) is 4.86. The second-order valence-corrected chi connectivity index (χ2v) is 5.93. The molecule has 0 radical (unpaired) electrons. The molecule has 3 heteroatoms. The summed E-state index contributed by atoms with van der Waals surface area (Å²) in [5, 5.41) is 0. The smallest absolute Gasteiger partial charge is 0.255 e. The van der Waals surface area contributed by atoms with Crippen LogP contribution in [0.2, 0.25) is 0 Å². The number of rotatable bonds is 2. The molecule has 80 valence electrons. The molecule has 1 unspecified atom stereocenters. The average molecular weight is 201 g/mol. The number of hydrogen-bond donors (Lipinski definition) is 0. The molecule has 0 aromatic heterocycles. The first kappa shape index (κ1) is 9.08. The van der Waals surface area contributed by atoms with Gasteiger partial charge in [-0.05, 0) is 31.2 Å². The molecule has 1 nitrogen and oxygen atoms in total. The van der Waals surface area contributed by atoms with Crippen LogP contribution in [0.15, 0.2) is 0 Å². The summed E-state index contributed by atoms with van der Waals surface area (Å²) in [7, 11) is 0. The Kier molecular flexibility index (Phi) is 1.50. The molecule has 3 aliphatic rings. The van der Waals surface area contributed by atoms with Crippen molar-refractivity contribution in [1.82, 2.24) is 4.90 Å². The summed E-state index contributed by atoms with van der Waals surface area (Å²) in [5.41, 5.74) is -0.131. The van der Waals surface area contributed by atoms with Crippen LogP contribution < -0.4 is 0 Å². The third-order valence-corrected chi connectivity index (χ3v) is 4.35. The van der Waals surface area contributed by atoms with E-state index in [1.54, 1.807) is 0 Å². The third kappa shape index (κ3) is 1.21. The molecule has 0 amide bonds. The molecule has 0 aromatic carbocycles. The van der Waals surface area contributed by atoms with Crippen molar-refractivity contribution in [1.29, 1.82) is 0 Å². The van der Waals surface area contributed by atoms with Gasteiger partial charge in [-0.25, -0.2) is 8.78 Å². The van der Waals surface area contributed by atoms with E-state index in [2.05, 4.69) is 11.8 Å². The van der Waals surface area contributed by atoms with E-state index in [1.165, 1.54) is 12.8 Å². The molecule has 3 fully saturated rings. The second kappa shape index (κ2) is 2.31. The maximum atomic E-state index is 13.1. The summed E-state index contributed by atoms with van der Waals surface area (Å²) >= 11 is 0. The Labute approximate surface area is 83.5 Å². The van der Waals surface area contributed by atoms with Crippen molar-refractivity contribution >= 4 is 0 Å². The Morgan fingerprint density at radius 1 is 1.21 bits per heavy atom. The SMILES string of the molecule is CC1(CN2CCC3(C2)CC3(F)F)CC1. The summed E-state index contributed by atoms with van der Waals surface area (Å²) in [6.07, 6.45) is 3.43. The molecular formula is C11H17F2N. The van der Waals surface area contributed by atoms with Gasteiger partial charge in [-0.15, -0.1) is 0 Å². The molecule has 14 heavy (non-hydrogen) atoms. The maximum absolute atomic E-state index is 13.1. The van der Waals surface area contributed by atoms with Gasteiger partial charge in [-0.3, -0.25) is 0 Å². The van der Waals surface area contributed by atoms with Gasteiger partial charge in [0.05, 0.1) is 5.41 Å². The van der Waals surface area contributed by atoms with Crippen molar-refractivity contribution in [3.8, 4) is 0 Å². The minimum absolute atomic E-state index is 0.146. The summed E-state index contributed by atoms with van der Waals surface area (Å²) in [6, 6.07) is 0. The quantitative estimate of drug-likeness (QED) is 0.663. The van der Waals surface area contributed by atoms with Crippen LogP contribution in [0.4, 0.5) is 8.78 Å². The fraction of sp³-hybridized carbons (Fsp3) is 1.00. The first-order chi connectivity index (χ1) is 6.45. The summed E-state index contributed by atoms with van der Waals surface area (Å²) in [4.78, 5) is 2.26. The van der Waals surface area contributed by atoms with Crippen LogP contribution in [0.3, 0.4) is 0 Å². The zero-order valence-electron chi connectivity index (χ0n) is 8.65. The zero-order valence-corrected chi connectivity index (χ0v) is 8.65. The van der Waals surface area contributed by atoms with Gasteiger partial charge in [0.15, 0.2) is 0 Å². The standard InChI is InChI=1S/C11H17F2N/c1-9(2-3-9)7-14-5-4-10(8-14)6-11(10,12)13/h2-8H2,1H3. The van der Waals surface area contributed by atoms with Gasteiger partial charge >= 0.3 is 0 Å². The highest BCUT2D eigenvalue weighted by molar-refractivity contribution is 5.15. The van der Waals surface area contributed by atoms with Gasteiger partial charge in [0.2, 0.25) is 0 Å². The van der Waals surface area contributed by atoms with Crippen LogP contribution in [-0.2, 0) is 0 Å². The van der Waals surface area contributed by atoms with Crippen molar-refractivity contribution in [2.24, 2.45) is 10.8 Å². The van der Waals surface area contributed by atoms with Gasteiger partial charge in [-0.1, -0.05) is 6.92 Å². The molecule has 3 rings (SSSR count). The Hall–Kier alpha value is -0.180. The Bertz CT molecular complexity index is 272. The topological polar surface area (TPSA) is 3.24 Å². The van der Waals surface area contributed by atoms with Crippen LogP contribution in [-0.4, -0.2) is 30.5 Å². The van der Waals surface area contributed by atoms with Gasteiger partial charge in [-0.2, -0.15) is 0 Å². The number of halogens is 2. The lowest BCUT2D eigenvalue weighted by Gasteiger charge is -2.20. The molecular weight excluding hydrogens is 184 g/mol.